The average Bonchev–Trinajstić information content (AvgIpc) is 3.23. The lowest BCUT2D eigenvalue weighted by molar-refractivity contribution is -0.126. The number of nitrogens with zero attached hydrogens (tertiary/aromatic N) is 1. The van der Waals surface area contributed by atoms with Crippen molar-refractivity contribution in [1.29, 1.82) is 0 Å². The molecule has 3 nitrogen and oxygen atoms in total. The SMILES string of the molecule is CN1C(=O)C2(C)CC3(CCCO3)C(c3ccccc3)=C2c2ccccc21. The van der Waals surface area contributed by atoms with Gasteiger partial charge < -0.3 is 9.64 Å². The number of benzene rings is 2. The highest BCUT2D eigenvalue weighted by atomic mass is 16.5. The first kappa shape index (κ1) is 15.8. The Morgan fingerprint density at radius 2 is 1.73 bits per heavy atom. The topological polar surface area (TPSA) is 29.5 Å². The number of ether oxygens (including phenoxy) is 1. The maximum Gasteiger partial charge on any atom is 0.237 e. The van der Waals surface area contributed by atoms with Crippen LogP contribution in [0.2, 0.25) is 0 Å². The summed E-state index contributed by atoms with van der Waals surface area (Å²) in [5.74, 6) is 0.173. The van der Waals surface area contributed by atoms with Gasteiger partial charge >= 0.3 is 0 Å². The van der Waals surface area contributed by atoms with Gasteiger partial charge in [0, 0.05) is 19.2 Å². The average molecular weight is 345 g/mol. The first-order valence-electron chi connectivity index (χ1n) is 9.39. The molecule has 0 N–H and O–H groups in total. The van der Waals surface area contributed by atoms with E-state index in [1.165, 1.54) is 22.3 Å². The second-order valence-corrected chi connectivity index (χ2v) is 7.95. The van der Waals surface area contributed by atoms with Crippen LogP contribution < -0.4 is 4.90 Å². The van der Waals surface area contributed by atoms with Crippen molar-refractivity contribution >= 4 is 22.7 Å². The van der Waals surface area contributed by atoms with Gasteiger partial charge in [-0.3, -0.25) is 4.79 Å². The molecule has 0 aromatic heterocycles. The number of fused-ring (bicyclic) bond motifs is 3. The quantitative estimate of drug-likeness (QED) is 0.760. The number of carbonyl (C=O) groups is 1. The molecule has 5 rings (SSSR count). The molecule has 2 unspecified atom stereocenters. The van der Waals surface area contributed by atoms with E-state index in [9.17, 15) is 4.79 Å². The fourth-order valence-corrected chi connectivity index (χ4v) is 5.37. The summed E-state index contributed by atoms with van der Waals surface area (Å²) in [6, 6.07) is 18.8. The molecule has 1 fully saturated rings. The van der Waals surface area contributed by atoms with E-state index in [2.05, 4.69) is 43.3 Å². The summed E-state index contributed by atoms with van der Waals surface area (Å²) in [7, 11) is 1.89. The molecule has 3 heteroatoms. The van der Waals surface area contributed by atoms with Crippen molar-refractivity contribution in [2.75, 3.05) is 18.6 Å². The Balaban J connectivity index is 1.88. The number of hydrogen-bond acceptors (Lipinski definition) is 2. The Kier molecular flexibility index (Phi) is 3.23. The van der Waals surface area contributed by atoms with Crippen LogP contribution in [-0.4, -0.2) is 25.2 Å². The number of para-hydroxylation sites is 1. The van der Waals surface area contributed by atoms with Crippen molar-refractivity contribution < 1.29 is 9.53 Å². The van der Waals surface area contributed by atoms with Crippen molar-refractivity contribution in [2.45, 2.75) is 31.8 Å². The maximum atomic E-state index is 13.4. The second-order valence-electron chi connectivity index (χ2n) is 7.95. The molecule has 1 aliphatic carbocycles. The van der Waals surface area contributed by atoms with Gasteiger partial charge in [-0.15, -0.1) is 0 Å². The van der Waals surface area contributed by atoms with Gasteiger partial charge in [0.1, 0.15) is 0 Å². The van der Waals surface area contributed by atoms with E-state index >= 15 is 0 Å². The summed E-state index contributed by atoms with van der Waals surface area (Å²) >= 11 is 0. The predicted molar refractivity (Wildman–Crippen MR) is 104 cm³/mol. The van der Waals surface area contributed by atoms with Crippen molar-refractivity contribution in [3.8, 4) is 0 Å². The van der Waals surface area contributed by atoms with E-state index < -0.39 is 5.41 Å². The summed E-state index contributed by atoms with van der Waals surface area (Å²) in [5, 5.41) is 0. The van der Waals surface area contributed by atoms with E-state index in [1.54, 1.807) is 0 Å². The van der Waals surface area contributed by atoms with Crippen LogP contribution in [0.3, 0.4) is 0 Å². The van der Waals surface area contributed by atoms with Crippen molar-refractivity contribution in [3.63, 3.8) is 0 Å². The summed E-state index contributed by atoms with van der Waals surface area (Å²) in [6.45, 7) is 2.88. The second kappa shape index (κ2) is 5.31. The van der Waals surface area contributed by atoms with Crippen LogP contribution in [0.5, 0.6) is 0 Å². The Hall–Kier alpha value is -2.39. The summed E-state index contributed by atoms with van der Waals surface area (Å²) in [6.07, 6.45) is 2.76. The molecule has 1 spiro atoms. The number of rotatable bonds is 1. The van der Waals surface area contributed by atoms with Gasteiger partial charge in [-0.1, -0.05) is 48.5 Å². The van der Waals surface area contributed by atoms with Crippen molar-refractivity contribution in [1.82, 2.24) is 0 Å². The molecule has 132 valence electrons. The molecule has 2 aliphatic heterocycles. The molecule has 1 amide bonds. The Bertz CT molecular complexity index is 924. The van der Waals surface area contributed by atoms with Gasteiger partial charge in [-0.25, -0.2) is 0 Å². The van der Waals surface area contributed by atoms with Gasteiger partial charge in [0.2, 0.25) is 5.91 Å². The Morgan fingerprint density at radius 3 is 2.46 bits per heavy atom. The normalized spacial score (nSPS) is 30.1. The van der Waals surface area contributed by atoms with Crippen molar-refractivity contribution in [2.24, 2.45) is 5.41 Å². The third kappa shape index (κ3) is 1.89. The van der Waals surface area contributed by atoms with Gasteiger partial charge in [0.15, 0.2) is 0 Å². The molecule has 26 heavy (non-hydrogen) atoms. The van der Waals surface area contributed by atoms with Crippen LogP contribution in [0.25, 0.3) is 11.1 Å². The number of anilines is 1. The van der Waals surface area contributed by atoms with Crippen LogP contribution in [0.1, 0.15) is 37.3 Å². The monoisotopic (exact) mass is 345 g/mol. The van der Waals surface area contributed by atoms with E-state index in [4.69, 9.17) is 4.74 Å². The Morgan fingerprint density at radius 1 is 1.00 bits per heavy atom. The first-order chi connectivity index (χ1) is 12.6. The molecular formula is C23H23NO2. The van der Waals surface area contributed by atoms with Crippen molar-refractivity contribution in [3.05, 3.63) is 65.7 Å². The zero-order valence-corrected chi connectivity index (χ0v) is 15.3. The lowest BCUT2D eigenvalue weighted by Crippen LogP contribution is -2.45. The highest BCUT2D eigenvalue weighted by molar-refractivity contribution is 6.19. The molecule has 2 atom stereocenters. The minimum atomic E-state index is -0.543. The fraction of sp³-hybridized carbons (Fsp3) is 0.348. The zero-order chi connectivity index (χ0) is 17.9. The zero-order valence-electron chi connectivity index (χ0n) is 15.3. The third-order valence-electron chi connectivity index (χ3n) is 6.37. The highest BCUT2D eigenvalue weighted by Gasteiger charge is 2.60. The molecule has 1 saturated heterocycles. The summed E-state index contributed by atoms with van der Waals surface area (Å²) < 4.78 is 6.40. The van der Waals surface area contributed by atoms with Gasteiger partial charge in [-0.2, -0.15) is 0 Å². The number of hydrogen-bond donors (Lipinski definition) is 0. The largest absolute Gasteiger partial charge is 0.370 e. The fourth-order valence-electron chi connectivity index (χ4n) is 5.37. The lowest BCUT2D eigenvalue weighted by atomic mass is 9.74. The van der Waals surface area contributed by atoms with Crippen LogP contribution in [0, 0.1) is 5.41 Å². The van der Waals surface area contributed by atoms with Gasteiger partial charge in [-0.05, 0) is 49.0 Å². The Labute approximate surface area is 154 Å². The number of carbonyl (C=O) groups excluding carboxylic acids is 1. The van der Waals surface area contributed by atoms with E-state index in [-0.39, 0.29) is 11.5 Å². The molecular weight excluding hydrogens is 322 g/mol. The van der Waals surface area contributed by atoms with Crippen LogP contribution in [0.4, 0.5) is 5.69 Å². The minimum absolute atomic E-state index is 0.173. The minimum Gasteiger partial charge on any atom is -0.370 e. The van der Waals surface area contributed by atoms with Gasteiger partial charge in [0.25, 0.3) is 0 Å². The number of amides is 1. The predicted octanol–water partition coefficient (Wildman–Crippen LogP) is 4.53. The first-order valence-corrected chi connectivity index (χ1v) is 9.39. The molecule has 0 radical (unpaired) electrons. The summed E-state index contributed by atoms with van der Waals surface area (Å²) in [4.78, 5) is 15.3. The molecule has 2 aromatic carbocycles. The highest BCUT2D eigenvalue weighted by Crippen LogP contribution is 2.63. The van der Waals surface area contributed by atoms with E-state index in [0.29, 0.717) is 0 Å². The van der Waals surface area contributed by atoms with Gasteiger partial charge in [0.05, 0.1) is 16.7 Å². The standard InChI is InChI=1S/C23H23NO2/c1-22-15-23(13-8-14-26-23)19(16-9-4-3-5-10-16)20(22)17-11-6-7-12-18(17)24(2)21(22)25/h3-7,9-12H,8,13-15H2,1-2H3. The molecule has 2 aromatic rings. The molecule has 2 heterocycles. The van der Waals surface area contributed by atoms with Crippen LogP contribution in [-0.2, 0) is 9.53 Å². The lowest BCUT2D eigenvalue weighted by Gasteiger charge is -2.39. The molecule has 3 aliphatic rings. The van der Waals surface area contributed by atoms with Crippen LogP contribution in [0.15, 0.2) is 54.6 Å². The summed E-state index contributed by atoms with van der Waals surface area (Å²) in [5.41, 5.74) is 4.85. The molecule has 0 saturated carbocycles. The smallest absolute Gasteiger partial charge is 0.237 e. The third-order valence-corrected chi connectivity index (χ3v) is 6.37. The van der Waals surface area contributed by atoms with E-state index in [1.807, 2.05) is 30.1 Å². The van der Waals surface area contributed by atoms with E-state index in [0.717, 1.165) is 31.6 Å². The van der Waals surface area contributed by atoms with Crippen LogP contribution >= 0.6 is 0 Å². The maximum absolute atomic E-state index is 13.4. The molecule has 0 bridgehead atoms.